The molecule has 0 bridgehead atoms. The number of benzene rings is 2. The molecule has 1 N–H and O–H groups in total. The first-order chi connectivity index (χ1) is 18.9. The Balaban J connectivity index is 1.49. The van der Waals surface area contributed by atoms with Crippen molar-refractivity contribution >= 4 is 23.6 Å². The number of nitrogens with zero attached hydrogens (tertiary/aromatic N) is 6. The van der Waals surface area contributed by atoms with Crippen LogP contribution in [0.5, 0.6) is 17.4 Å². The standard InChI is InChI=1S/C29H35N7O2S/c1-20(2)37-27-26(25-9-7-6-8-21(25)3)31-29(33-39-24-18-30-35(5)19-24)32-28(27)38-23-12-10-22(11-13-23)36-16-14-34(4)15-17-36/h6-13,18-20H,14-17H2,1-5H3,(H,31,32,33). The number of ether oxygens (including phenoxy) is 2. The van der Waals surface area contributed by atoms with E-state index in [1.165, 1.54) is 17.6 Å². The Morgan fingerprint density at radius 1 is 0.949 bits per heavy atom. The Bertz CT molecular complexity index is 1400. The number of nitrogens with one attached hydrogen (secondary N) is 1. The number of aromatic nitrogens is 4. The summed E-state index contributed by atoms with van der Waals surface area (Å²) in [5, 5.41) is 4.23. The Hall–Kier alpha value is -3.76. The normalized spacial score (nSPS) is 14.1. The van der Waals surface area contributed by atoms with E-state index in [0.29, 0.717) is 29.0 Å². The fourth-order valence-electron chi connectivity index (χ4n) is 4.37. The molecule has 2 aromatic heterocycles. The maximum Gasteiger partial charge on any atom is 0.268 e. The van der Waals surface area contributed by atoms with Crippen molar-refractivity contribution in [3.63, 3.8) is 0 Å². The van der Waals surface area contributed by atoms with Gasteiger partial charge in [-0.05, 0) is 69.6 Å². The average Bonchev–Trinajstić information content (AvgIpc) is 3.34. The first kappa shape index (κ1) is 26.8. The van der Waals surface area contributed by atoms with Crippen LogP contribution in [0, 0.1) is 6.92 Å². The van der Waals surface area contributed by atoms with Gasteiger partial charge >= 0.3 is 0 Å². The summed E-state index contributed by atoms with van der Waals surface area (Å²) < 4.78 is 17.7. The van der Waals surface area contributed by atoms with E-state index in [0.717, 1.165) is 42.2 Å². The zero-order valence-electron chi connectivity index (χ0n) is 23.1. The fraction of sp³-hybridized carbons (Fsp3) is 0.345. The van der Waals surface area contributed by atoms with Crippen LogP contribution >= 0.6 is 11.9 Å². The number of likely N-dealkylation sites (N-methyl/N-ethyl adjacent to an activating group) is 1. The van der Waals surface area contributed by atoms with Gasteiger partial charge in [-0.3, -0.25) is 9.40 Å². The summed E-state index contributed by atoms with van der Waals surface area (Å²) in [6, 6.07) is 16.3. The van der Waals surface area contributed by atoms with E-state index in [4.69, 9.17) is 19.4 Å². The van der Waals surface area contributed by atoms with Gasteiger partial charge in [-0.2, -0.15) is 10.1 Å². The quantitative estimate of drug-likeness (QED) is 0.269. The predicted molar refractivity (Wildman–Crippen MR) is 157 cm³/mol. The van der Waals surface area contributed by atoms with Crippen molar-refractivity contribution in [1.82, 2.24) is 24.6 Å². The maximum atomic E-state index is 6.40. The van der Waals surface area contributed by atoms with Gasteiger partial charge in [0.2, 0.25) is 11.7 Å². The minimum atomic E-state index is -0.0955. The molecule has 0 spiro atoms. The van der Waals surface area contributed by atoms with Crippen LogP contribution in [0.25, 0.3) is 11.3 Å². The predicted octanol–water partition coefficient (Wildman–Crippen LogP) is 5.64. The molecule has 2 aromatic carbocycles. The Morgan fingerprint density at radius 2 is 1.69 bits per heavy atom. The topological polar surface area (TPSA) is 80.6 Å². The van der Waals surface area contributed by atoms with E-state index in [2.05, 4.69) is 51.8 Å². The smallest absolute Gasteiger partial charge is 0.268 e. The monoisotopic (exact) mass is 545 g/mol. The molecule has 0 unspecified atom stereocenters. The van der Waals surface area contributed by atoms with Crippen LogP contribution in [-0.4, -0.2) is 64.0 Å². The minimum absolute atomic E-state index is 0.0955. The molecule has 0 atom stereocenters. The highest BCUT2D eigenvalue weighted by molar-refractivity contribution is 8.00. The van der Waals surface area contributed by atoms with Crippen molar-refractivity contribution in [2.75, 3.05) is 42.8 Å². The van der Waals surface area contributed by atoms with E-state index < -0.39 is 0 Å². The van der Waals surface area contributed by atoms with Gasteiger partial charge in [0, 0.05) is 50.7 Å². The third kappa shape index (κ3) is 6.63. The third-order valence-electron chi connectivity index (χ3n) is 6.45. The van der Waals surface area contributed by atoms with Gasteiger partial charge in [0.25, 0.3) is 5.88 Å². The Kier molecular flexibility index (Phi) is 8.23. The molecule has 0 radical (unpaired) electrons. The van der Waals surface area contributed by atoms with Crippen LogP contribution in [0.15, 0.2) is 65.8 Å². The first-order valence-electron chi connectivity index (χ1n) is 13.1. The molecular weight excluding hydrogens is 510 g/mol. The molecular formula is C29H35N7O2S. The number of hydrogen-bond acceptors (Lipinski definition) is 9. The maximum absolute atomic E-state index is 6.40. The third-order valence-corrected chi connectivity index (χ3v) is 7.18. The number of rotatable bonds is 9. The highest BCUT2D eigenvalue weighted by atomic mass is 32.2. The number of hydrogen-bond donors (Lipinski definition) is 1. The summed E-state index contributed by atoms with van der Waals surface area (Å²) in [6.07, 6.45) is 3.62. The zero-order valence-corrected chi connectivity index (χ0v) is 23.9. The van der Waals surface area contributed by atoms with Gasteiger partial charge < -0.3 is 19.3 Å². The Morgan fingerprint density at radius 3 is 2.36 bits per heavy atom. The minimum Gasteiger partial charge on any atom is -0.484 e. The molecule has 1 fully saturated rings. The van der Waals surface area contributed by atoms with Crippen LogP contribution in [0.4, 0.5) is 11.6 Å². The number of aryl methyl sites for hydroxylation is 2. The molecule has 9 nitrogen and oxygen atoms in total. The van der Waals surface area contributed by atoms with Crippen molar-refractivity contribution in [1.29, 1.82) is 0 Å². The van der Waals surface area contributed by atoms with Gasteiger partial charge in [0.1, 0.15) is 11.4 Å². The van der Waals surface area contributed by atoms with E-state index in [-0.39, 0.29) is 6.10 Å². The summed E-state index contributed by atoms with van der Waals surface area (Å²) in [5.74, 6) is 1.97. The highest BCUT2D eigenvalue weighted by Gasteiger charge is 2.22. The van der Waals surface area contributed by atoms with Crippen molar-refractivity contribution in [3.05, 3.63) is 66.5 Å². The van der Waals surface area contributed by atoms with E-state index in [1.807, 2.05) is 57.4 Å². The number of piperazine rings is 1. The summed E-state index contributed by atoms with van der Waals surface area (Å²) in [5.41, 5.74) is 3.90. The first-order valence-corrected chi connectivity index (χ1v) is 13.9. The molecule has 1 aliphatic rings. The van der Waals surface area contributed by atoms with E-state index in [9.17, 15) is 0 Å². The SMILES string of the molecule is Cc1ccccc1-c1nc(NSc2cnn(C)c2)nc(Oc2ccc(N3CCN(C)CC3)cc2)c1OC(C)C. The second kappa shape index (κ2) is 12.0. The summed E-state index contributed by atoms with van der Waals surface area (Å²) in [6.45, 7) is 10.2. The largest absolute Gasteiger partial charge is 0.484 e. The zero-order chi connectivity index (χ0) is 27.4. The van der Waals surface area contributed by atoms with Gasteiger partial charge in [-0.15, -0.1) is 0 Å². The molecule has 3 heterocycles. The second-order valence-electron chi connectivity index (χ2n) is 9.95. The molecule has 39 heavy (non-hydrogen) atoms. The molecule has 0 aliphatic carbocycles. The van der Waals surface area contributed by atoms with Crippen LogP contribution in [0.3, 0.4) is 0 Å². The molecule has 1 saturated heterocycles. The van der Waals surface area contributed by atoms with Gasteiger partial charge in [0.15, 0.2) is 0 Å². The van der Waals surface area contributed by atoms with E-state index in [1.54, 1.807) is 10.9 Å². The summed E-state index contributed by atoms with van der Waals surface area (Å²) >= 11 is 1.39. The lowest BCUT2D eigenvalue weighted by Gasteiger charge is -2.34. The van der Waals surface area contributed by atoms with E-state index >= 15 is 0 Å². The molecule has 1 aliphatic heterocycles. The highest BCUT2D eigenvalue weighted by Crippen LogP contribution is 2.41. The molecule has 0 amide bonds. The lowest BCUT2D eigenvalue weighted by Crippen LogP contribution is -2.44. The molecule has 5 rings (SSSR count). The molecule has 0 saturated carbocycles. The molecule has 10 heteroatoms. The van der Waals surface area contributed by atoms with Crippen LogP contribution in [0.1, 0.15) is 19.4 Å². The fourth-order valence-corrected chi connectivity index (χ4v) is 4.97. The summed E-state index contributed by atoms with van der Waals surface area (Å²) in [4.78, 5) is 15.3. The van der Waals surface area contributed by atoms with Crippen LogP contribution < -0.4 is 19.1 Å². The second-order valence-corrected chi connectivity index (χ2v) is 10.8. The van der Waals surface area contributed by atoms with Gasteiger partial charge in [-0.25, -0.2) is 4.98 Å². The summed E-state index contributed by atoms with van der Waals surface area (Å²) in [7, 11) is 4.05. The van der Waals surface area contributed by atoms with Crippen LogP contribution in [0.2, 0.25) is 0 Å². The van der Waals surface area contributed by atoms with Crippen molar-refractivity contribution in [2.24, 2.45) is 7.05 Å². The van der Waals surface area contributed by atoms with Gasteiger partial charge in [0.05, 0.1) is 17.2 Å². The lowest BCUT2D eigenvalue weighted by molar-refractivity contribution is 0.231. The molecule has 204 valence electrons. The lowest BCUT2D eigenvalue weighted by atomic mass is 10.0. The Labute approximate surface area is 234 Å². The van der Waals surface area contributed by atoms with Gasteiger partial charge in [-0.1, -0.05) is 24.3 Å². The van der Waals surface area contributed by atoms with Crippen LogP contribution in [-0.2, 0) is 7.05 Å². The van der Waals surface area contributed by atoms with Crippen molar-refractivity contribution in [2.45, 2.75) is 31.8 Å². The average molecular weight is 546 g/mol. The van der Waals surface area contributed by atoms with Crippen molar-refractivity contribution in [3.8, 4) is 28.6 Å². The van der Waals surface area contributed by atoms with Crippen molar-refractivity contribution < 1.29 is 9.47 Å². The molecule has 4 aromatic rings. The number of anilines is 2.